The van der Waals surface area contributed by atoms with Crippen LogP contribution in [0.4, 0.5) is 4.79 Å². The van der Waals surface area contributed by atoms with Crippen molar-refractivity contribution in [2.24, 2.45) is 0 Å². The molecule has 0 fully saturated rings. The number of carbonyl (C=O) groups excluding carboxylic acids is 1. The Morgan fingerprint density at radius 3 is 2.89 bits per heavy atom. The maximum absolute atomic E-state index is 11.7. The lowest BCUT2D eigenvalue weighted by Crippen LogP contribution is -2.48. The number of allylic oxidation sites excluding steroid dienone is 2. The summed E-state index contributed by atoms with van der Waals surface area (Å²) in [4.78, 5) is 22.7. The molecule has 3 N–H and O–H groups in total. The fourth-order valence-electron chi connectivity index (χ4n) is 1.56. The molecule has 0 bridgehead atoms. The molecular formula is C12H17BrN2O3S. The number of carboxylic acids is 1. The normalized spacial score (nSPS) is 19.5. The Bertz CT molecular complexity index is 398. The van der Waals surface area contributed by atoms with Crippen molar-refractivity contribution in [2.75, 3.05) is 12.0 Å². The highest BCUT2D eigenvalue weighted by molar-refractivity contribution is 9.11. The van der Waals surface area contributed by atoms with Gasteiger partial charge in [0, 0.05) is 4.48 Å². The van der Waals surface area contributed by atoms with Gasteiger partial charge in [0.2, 0.25) is 0 Å². The Balaban J connectivity index is 2.40. The van der Waals surface area contributed by atoms with Gasteiger partial charge in [-0.1, -0.05) is 34.2 Å². The molecule has 1 aliphatic rings. The van der Waals surface area contributed by atoms with Gasteiger partial charge in [0.05, 0.1) is 6.04 Å². The molecular weight excluding hydrogens is 332 g/mol. The zero-order chi connectivity index (χ0) is 14.3. The Hall–Kier alpha value is -0.950. The number of hydrogen-bond acceptors (Lipinski definition) is 3. The van der Waals surface area contributed by atoms with Crippen LogP contribution in [0.25, 0.3) is 0 Å². The molecule has 2 unspecified atom stereocenters. The highest BCUT2D eigenvalue weighted by atomic mass is 79.9. The summed E-state index contributed by atoms with van der Waals surface area (Å²) in [5.41, 5.74) is 0. The molecule has 0 heterocycles. The minimum Gasteiger partial charge on any atom is -0.480 e. The third-order valence-electron chi connectivity index (χ3n) is 2.59. The Labute approximate surface area is 125 Å². The SMILES string of the molecule is CSCCC(NC(=O)NC1C=CC(Br)=CC1)C(=O)O. The molecule has 0 spiro atoms. The third kappa shape index (κ3) is 6.15. The first-order chi connectivity index (χ1) is 9.02. The number of carbonyl (C=O) groups is 2. The average Bonchev–Trinajstić information content (AvgIpc) is 2.37. The van der Waals surface area contributed by atoms with E-state index in [1.54, 1.807) is 11.8 Å². The second kappa shape index (κ2) is 8.27. The van der Waals surface area contributed by atoms with Crippen LogP contribution in [0.1, 0.15) is 12.8 Å². The van der Waals surface area contributed by atoms with E-state index in [0.29, 0.717) is 18.6 Å². The van der Waals surface area contributed by atoms with E-state index in [0.717, 1.165) is 4.48 Å². The molecule has 0 aromatic heterocycles. The predicted molar refractivity (Wildman–Crippen MR) is 80.6 cm³/mol. The number of thioether (sulfide) groups is 1. The predicted octanol–water partition coefficient (Wildman–Crippen LogP) is 2.10. The smallest absolute Gasteiger partial charge is 0.326 e. The van der Waals surface area contributed by atoms with E-state index in [1.807, 2.05) is 24.5 Å². The lowest BCUT2D eigenvalue weighted by atomic mass is 10.1. The first kappa shape index (κ1) is 16.1. The minimum atomic E-state index is -1.01. The zero-order valence-electron chi connectivity index (χ0n) is 10.6. The summed E-state index contributed by atoms with van der Waals surface area (Å²) in [7, 11) is 0. The summed E-state index contributed by atoms with van der Waals surface area (Å²) in [6.45, 7) is 0. The van der Waals surface area contributed by atoms with E-state index < -0.39 is 18.0 Å². The second-order valence-electron chi connectivity index (χ2n) is 4.08. The summed E-state index contributed by atoms with van der Waals surface area (Å²) in [6.07, 6.45) is 8.67. The van der Waals surface area contributed by atoms with Crippen molar-refractivity contribution in [1.29, 1.82) is 0 Å². The summed E-state index contributed by atoms with van der Waals surface area (Å²) in [6, 6.07) is -1.40. The van der Waals surface area contributed by atoms with Crippen molar-refractivity contribution in [3.05, 3.63) is 22.7 Å². The van der Waals surface area contributed by atoms with Crippen molar-refractivity contribution in [3.8, 4) is 0 Å². The van der Waals surface area contributed by atoms with Crippen LogP contribution in [0, 0.1) is 0 Å². The second-order valence-corrected chi connectivity index (χ2v) is 5.98. The number of nitrogens with one attached hydrogen (secondary N) is 2. The highest BCUT2D eigenvalue weighted by Crippen LogP contribution is 2.15. The number of aliphatic carboxylic acids is 1. The number of urea groups is 1. The molecule has 1 aliphatic carbocycles. The van der Waals surface area contributed by atoms with Crippen molar-refractivity contribution in [3.63, 3.8) is 0 Å². The van der Waals surface area contributed by atoms with E-state index in [4.69, 9.17) is 5.11 Å². The number of amides is 2. The number of halogens is 1. The van der Waals surface area contributed by atoms with Gasteiger partial charge < -0.3 is 15.7 Å². The van der Waals surface area contributed by atoms with Gasteiger partial charge >= 0.3 is 12.0 Å². The first-order valence-electron chi connectivity index (χ1n) is 5.85. The van der Waals surface area contributed by atoms with Crippen molar-refractivity contribution < 1.29 is 14.7 Å². The summed E-state index contributed by atoms with van der Waals surface area (Å²) in [5, 5.41) is 14.2. The largest absolute Gasteiger partial charge is 0.480 e. The molecule has 7 heteroatoms. The van der Waals surface area contributed by atoms with Crippen molar-refractivity contribution in [1.82, 2.24) is 10.6 Å². The van der Waals surface area contributed by atoms with E-state index in [2.05, 4.69) is 26.6 Å². The van der Waals surface area contributed by atoms with E-state index in [9.17, 15) is 9.59 Å². The molecule has 1 rings (SSSR count). The van der Waals surface area contributed by atoms with Gasteiger partial charge in [0.1, 0.15) is 6.04 Å². The maximum Gasteiger partial charge on any atom is 0.326 e. The van der Waals surface area contributed by atoms with Gasteiger partial charge in [-0.15, -0.1) is 0 Å². The molecule has 0 saturated heterocycles. The van der Waals surface area contributed by atoms with Gasteiger partial charge in [-0.2, -0.15) is 11.8 Å². The third-order valence-corrected chi connectivity index (χ3v) is 3.82. The summed E-state index contributed by atoms with van der Waals surface area (Å²) < 4.78 is 0.981. The fraction of sp³-hybridized carbons (Fsp3) is 0.500. The Morgan fingerprint density at radius 1 is 1.63 bits per heavy atom. The van der Waals surface area contributed by atoms with Gasteiger partial charge in [-0.3, -0.25) is 0 Å². The summed E-state index contributed by atoms with van der Waals surface area (Å²) in [5.74, 6) is -0.318. The molecule has 0 aliphatic heterocycles. The molecule has 2 amide bonds. The van der Waals surface area contributed by atoms with Crippen LogP contribution in [0.15, 0.2) is 22.7 Å². The highest BCUT2D eigenvalue weighted by Gasteiger charge is 2.20. The van der Waals surface area contributed by atoms with Gasteiger partial charge in [-0.25, -0.2) is 9.59 Å². The van der Waals surface area contributed by atoms with Crippen LogP contribution < -0.4 is 10.6 Å². The van der Waals surface area contributed by atoms with Crippen LogP contribution >= 0.6 is 27.7 Å². The quantitative estimate of drug-likeness (QED) is 0.686. The monoisotopic (exact) mass is 348 g/mol. The molecule has 5 nitrogen and oxygen atoms in total. The van der Waals surface area contributed by atoms with Crippen LogP contribution in [0.2, 0.25) is 0 Å². The van der Waals surface area contributed by atoms with Crippen LogP contribution in [0.3, 0.4) is 0 Å². The lowest BCUT2D eigenvalue weighted by Gasteiger charge is -2.19. The van der Waals surface area contributed by atoms with Gasteiger partial charge in [0.25, 0.3) is 0 Å². The van der Waals surface area contributed by atoms with Crippen molar-refractivity contribution in [2.45, 2.75) is 24.9 Å². The standard InChI is InChI=1S/C12H17BrN2O3S/c1-19-7-6-10(11(16)17)15-12(18)14-9-4-2-8(13)3-5-9/h2-4,9-10H,5-7H2,1H3,(H,16,17)(H2,14,15,18). The maximum atomic E-state index is 11.7. The zero-order valence-corrected chi connectivity index (χ0v) is 13.0. The Morgan fingerprint density at radius 2 is 2.37 bits per heavy atom. The van der Waals surface area contributed by atoms with Crippen molar-refractivity contribution >= 4 is 39.7 Å². The summed E-state index contributed by atoms with van der Waals surface area (Å²) >= 11 is 4.89. The van der Waals surface area contributed by atoms with E-state index in [-0.39, 0.29) is 6.04 Å². The van der Waals surface area contributed by atoms with Crippen LogP contribution in [-0.2, 0) is 4.79 Å². The van der Waals surface area contributed by atoms with Gasteiger partial charge in [0.15, 0.2) is 0 Å². The Kier molecular flexibility index (Phi) is 7.01. The number of carboxylic acid groups (broad SMARTS) is 1. The lowest BCUT2D eigenvalue weighted by molar-refractivity contribution is -0.139. The molecule has 19 heavy (non-hydrogen) atoms. The van der Waals surface area contributed by atoms with Crippen LogP contribution in [-0.4, -0.2) is 41.2 Å². The van der Waals surface area contributed by atoms with E-state index in [1.165, 1.54) is 0 Å². The average molecular weight is 349 g/mol. The minimum absolute atomic E-state index is 0.101. The molecule has 0 radical (unpaired) electrons. The molecule has 0 saturated carbocycles. The topological polar surface area (TPSA) is 78.4 Å². The number of hydrogen-bond donors (Lipinski definition) is 3. The first-order valence-corrected chi connectivity index (χ1v) is 8.04. The number of rotatable bonds is 6. The molecule has 106 valence electrons. The van der Waals surface area contributed by atoms with Gasteiger partial charge in [-0.05, 0) is 24.9 Å². The fourth-order valence-corrected chi connectivity index (χ4v) is 2.37. The molecule has 0 aromatic carbocycles. The van der Waals surface area contributed by atoms with Crippen LogP contribution in [0.5, 0.6) is 0 Å². The van der Waals surface area contributed by atoms with E-state index >= 15 is 0 Å². The molecule has 0 aromatic rings. The molecule has 2 atom stereocenters.